The third kappa shape index (κ3) is 3.63. The molecule has 1 aromatic rings. The van der Waals surface area contributed by atoms with Crippen molar-refractivity contribution in [2.24, 2.45) is 4.40 Å². The zero-order valence-electron chi connectivity index (χ0n) is 10.4. The van der Waals surface area contributed by atoms with Gasteiger partial charge in [0.15, 0.2) is 0 Å². The van der Waals surface area contributed by atoms with E-state index in [1.165, 1.54) is 19.4 Å². The monoisotopic (exact) mass is 257 g/mol. The second kappa shape index (κ2) is 5.40. The highest BCUT2D eigenvalue weighted by atomic mass is 32.2. The van der Waals surface area contributed by atoms with E-state index in [9.17, 15) is 8.60 Å². The Labute approximate surface area is 103 Å². The summed E-state index contributed by atoms with van der Waals surface area (Å²) < 4.78 is 33.6. The van der Waals surface area contributed by atoms with Gasteiger partial charge in [0.1, 0.15) is 22.6 Å². The van der Waals surface area contributed by atoms with Crippen LogP contribution in [-0.2, 0) is 11.0 Å². The van der Waals surface area contributed by atoms with Gasteiger partial charge >= 0.3 is 0 Å². The number of hydrogen-bond acceptors (Lipinski definition) is 2. The first-order valence-corrected chi connectivity index (χ1v) is 6.25. The van der Waals surface area contributed by atoms with E-state index in [-0.39, 0.29) is 5.56 Å². The van der Waals surface area contributed by atoms with Gasteiger partial charge in [-0.05, 0) is 32.9 Å². The molecule has 1 atom stereocenters. The normalized spacial score (nSPS) is 13.9. The second-order valence-electron chi connectivity index (χ2n) is 4.45. The van der Waals surface area contributed by atoms with E-state index in [1.54, 1.807) is 32.9 Å². The lowest BCUT2D eigenvalue weighted by Crippen LogP contribution is -2.19. The minimum atomic E-state index is -1.41. The number of halogens is 1. The number of rotatable bonds is 3. The molecule has 0 aliphatic heterocycles. The van der Waals surface area contributed by atoms with Gasteiger partial charge in [-0.2, -0.15) is 4.40 Å². The van der Waals surface area contributed by atoms with E-state index in [2.05, 4.69) is 4.40 Å². The van der Waals surface area contributed by atoms with Gasteiger partial charge in [0, 0.05) is 0 Å². The molecule has 3 nitrogen and oxygen atoms in total. The molecule has 0 saturated carbocycles. The molecule has 1 unspecified atom stereocenters. The molecule has 0 saturated heterocycles. The summed E-state index contributed by atoms with van der Waals surface area (Å²) in [5, 5.41) is 0. The third-order valence-corrected chi connectivity index (χ3v) is 3.38. The zero-order chi connectivity index (χ0) is 13.1. The van der Waals surface area contributed by atoms with Crippen LogP contribution < -0.4 is 4.74 Å². The summed E-state index contributed by atoms with van der Waals surface area (Å²) in [6.07, 6.45) is 1.26. The van der Waals surface area contributed by atoms with Crippen molar-refractivity contribution in [1.82, 2.24) is 0 Å². The van der Waals surface area contributed by atoms with Gasteiger partial charge in [0.05, 0.1) is 23.6 Å². The van der Waals surface area contributed by atoms with Crippen LogP contribution in [-0.4, -0.2) is 22.3 Å². The summed E-state index contributed by atoms with van der Waals surface area (Å²) >= 11 is 0. The Kier molecular flexibility index (Phi) is 4.40. The van der Waals surface area contributed by atoms with Crippen LogP contribution in [0.15, 0.2) is 22.6 Å². The van der Waals surface area contributed by atoms with E-state index in [0.29, 0.717) is 5.75 Å². The van der Waals surface area contributed by atoms with Gasteiger partial charge in [0.25, 0.3) is 0 Å². The van der Waals surface area contributed by atoms with E-state index in [1.807, 2.05) is 0 Å². The Morgan fingerprint density at radius 3 is 2.59 bits per heavy atom. The van der Waals surface area contributed by atoms with Crippen molar-refractivity contribution >= 4 is 17.2 Å². The average Bonchev–Trinajstić information content (AvgIpc) is 2.25. The molecule has 0 N–H and O–H groups in total. The third-order valence-electron chi connectivity index (χ3n) is 2.03. The molecule has 0 aliphatic carbocycles. The van der Waals surface area contributed by atoms with E-state index < -0.39 is 21.5 Å². The molecule has 1 aromatic carbocycles. The fourth-order valence-electron chi connectivity index (χ4n) is 1.08. The maximum atomic E-state index is 13.5. The van der Waals surface area contributed by atoms with Crippen LogP contribution in [0.3, 0.4) is 0 Å². The number of hydrogen-bond donors (Lipinski definition) is 0. The maximum absolute atomic E-state index is 13.5. The summed E-state index contributed by atoms with van der Waals surface area (Å²) in [5.74, 6) is -0.0707. The quantitative estimate of drug-likeness (QED) is 0.781. The van der Waals surface area contributed by atoms with E-state index >= 15 is 0 Å². The first-order valence-electron chi connectivity index (χ1n) is 5.15. The predicted octanol–water partition coefficient (Wildman–Crippen LogP) is 2.72. The Balaban J connectivity index is 3.03. The van der Waals surface area contributed by atoms with Gasteiger partial charge in [-0.15, -0.1) is 0 Å². The maximum Gasteiger partial charge on any atom is 0.144 e. The van der Waals surface area contributed by atoms with Crippen molar-refractivity contribution in [3.05, 3.63) is 29.6 Å². The van der Waals surface area contributed by atoms with E-state index in [0.717, 1.165) is 0 Å². The molecule has 17 heavy (non-hydrogen) atoms. The molecule has 0 aromatic heterocycles. The molecule has 1 rings (SSSR count). The molecule has 0 bridgehead atoms. The Morgan fingerprint density at radius 2 is 2.06 bits per heavy atom. The van der Waals surface area contributed by atoms with Crippen LogP contribution in [0.2, 0.25) is 0 Å². The Hall–Kier alpha value is -1.23. The van der Waals surface area contributed by atoms with Gasteiger partial charge in [-0.3, -0.25) is 0 Å². The molecule has 0 heterocycles. The topological polar surface area (TPSA) is 38.7 Å². The van der Waals surface area contributed by atoms with Gasteiger partial charge in [-0.25, -0.2) is 8.60 Å². The van der Waals surface area contributed by atoms with Crippen LogP contribution in [0.25, 0.3) is 0 Å². The standard InChI is InChI=1S/C12H16FNO2S/c1-12(2,3)17(15)14-8-9-10(13)6-5-7-11(9)16-4/h5-8H,1-4H3. The minimum absolute atomic E-state index is 0.215. The first-order chi connectivity index (χ1) is 7.86. The molecule has 0 aliphatic rings. The number of ether oxygens (including phenoxy) is 1. The molecule has 0 radical (unpaired) electrons. The first kappa shape index (κ1) is 13.8. The van der Waals surface area contributed by atoms with Crippen LogP contribution in [0, 0.1) is 5.82 Å². The summed E-state index contributed by atoms with van der Waals surface area (Å²) in [4.78, 5) is 0. The number of benzene rings is 1. The van der Waals surface area contributed by atoms with Crippen LogP contribution in [0.4, 0.5) is 4.39 Å². The van der Waals surface area contributed by atoms with Gasteiger partial charge in [0.2, 0.25) is 0 Å². The smallest absolute Gasteiger partial charge is 0.144 e. The van der Waals surface area contributed by atoms with Crippen molar-refractivity contribution in [2.45, 2.75) is 25.5 Å². The Morgan fingerprint density at radius 1 is 1.41 bits per heavy atom. The summed E-state index contributed by atoms with van der Waals surface area (Å²) in [7, 11) is 0.0421. The molecule has 5 heteroatoms. The van der Waals surface area contributed by atoms with Crippen LogP contribution >= 0.6 is 0 Å². The summed E-state index contributed by atoms with van der Waals surface area (Å²) in [6, 6.07) is 4.49. The van der Waals surface area contributed by atoms with Crippen molar-refractivity contribution in [3.8, 4) is 5.75 Å². The van der Waals surface area contributed by atoms with Crippen molar-refractivity contribution in [2.75, 3.05) is 7.11 Å². The predicted molar refractivity (Wildman–Crippen MR) is 68.4 cm³/mol. The summed E-state index contributed by atoms with van der Waals surface area (Å²) in [6.45, 7) is 5.41. The molecule has 0 spiro atoms. The minimum Gasteiger partial charge on any atom is -0.496 e. The lowest BCUT2D eigenvalue weighted by atomic mass is 10.2. The van der Waals surface area contributed by atoms with Crippen LogP contribution in [0.5, 0.6) is 5.75 Å². The van der Waals surface area contributed by atoms with Gasteiger partial charge < -0.3 is 4.74 Å². The lowest BCUT2D eigenvalue weighted by Gasteiger charge is -2.13. The highest BCUT2D eigenvalue weighted by Gasteiger charge is 2.18. The van der Waals surface area contributed by atoms with Gasteiger partial charge in [-0.1, -0.05) is 6.07 Å². The van der Waals surface area contributed by atoms with E-state index in [4.69, 9.17) is 4.74 Å². The highest BCUT2D eigenvalue weighted by Crippen LogP contribution is 2.20. The Bertz CT molecular complexity index is 452. The fourth-order valence-corrected chi connectivity index (χ4v) is 1.60. The SMILES string of the molecule is COc1cccc(F)c1C=NS(=O)C(C)(C)C. The average molecular weight is 257 g/mol. The molecular formula is C12H16FNO2S. The summed E-state index contributed by atoms with van der Waals surface area (Å²) in [5.41, 5.74) is 0.215. The van der Waals surface area contributed by atoms with Crippen molar-refractivity contribution < 1.29 is 13.3 Å². The number of nitrogens with zero attached hydrogens (tertiary/aromatic N) is 1. The fraction of sp³-hybridized carbons (Fsp3) is 0.417. The molecule has 0 fully saturated rings. The van der Waals surface area contributed by atoms with Crippen LogP contribution in [0.1, 0.15) is 26.3 Å². The lowest BCUT2D eigenvalue weighted by molar-refractivity contribution is 0.410. The number of methoxy groups -OCH3 is 1. The highest BCUT2D eigenvalue weighted by molar-refractivity contribution is 7.85. The second-order valence-corrected chi connectivity index (χ2v) is 6.39. The largest absolute Gasteiger partial charge is 0.496 e. The van der Waals surface area contributed by atoms with Crippen molar-refractivity contribution in [3.63, 3.8) is 0 Å². The van der Waals surface area contributed by atoms with Crippen molar-refractivity contribution in [1.29, 1.82) is 0 Å². The molecular weight excluding hydrogens is 241 g/mol. The molecule has 0 amide bonds. The zero-order valence-corrected chi connectivity index (χ0v) is 11.2. The molecule has 94 valence electrons.